The number of hydrogen-bond acceptors (Lipinski definition) is 22. The van der Waals surface area contributed by atoms with E-state index in [0.29, 0.717) is 23.2 Å². The molecule has 0 bridgehead atoms. The van der Waals surface area contributed by atoms with Crippen LogP contribution in [0.2, 0.25) is 10.0 Å². The Hall–Kier alpha value is -9.11. The van der Waals surface area contributed by atoms with Crippen LogP contribution in [0.25, 0.3) is 68.1 Å². The molecule has 3 N–H and O–H groups in total. The summed E-state index contributed by atoms with van der Waals surface area (Å²) in [6, 6.07) is 38.1. The van der Waals surface area contributed by atoms with E-state index in [9.17, 15) is 36.0 Å². The van der Waals surface area contributed by atoms with Gasteiger partial charge in [-0.2, -0.15) is 21.6 Å². The minimum Gasteiger partial charge on any atom is -0.478 e. The number of benzene rings is 4. The number of nitrogens with zero attached hydrogens (tertiary/aromatic N) is 9. The van der Waals surface area contributed by atoms with Crippen molar-refractivity contribution in [1.82, 2.24) is 44.7 Å². The minimum absolute atomic E-state index is 0. The average Bonchev–Trinajstić information content (AvgIpc) is 1.63. The van der Waals surface area contributed by atoms with Crippen molar-refractivity contribution in [2.75, 3.05) is 18.8 Å². The number of hydrogen-bond donors (Lipinski definition) is 3. The van der Waals surface area contributed by atoms with Gasteiger partial charge in [0, 0.05) is 106 Å². The fraction of sp³-hybridized carbons (Fsp3) is 0.316. The molecule has 3 aliphatic rings. The molecule has 32 heteroatoms. The van der Waals surface area contributed by atoms with Crippen LogP contribution in [0.4, 0.5) is 28.4 Å². The number of thiol groups is 1. The van der Waals surface area contributed by atoms with Crippen molar-refractivity contribution < 1.29 is 64.0 Å². The monoisotopic (exact) mass is 1650 g/mol. The van der Waals surface area contributed by atoms with Crippen LogP contribution in [-0.4, -0.2) is 124 Å². The number of nitrogen functional groups attached to an aromatic ring is 1. The average molecular weight is 1650 g/mol. The summed E-state index contributed by atoms with van der Waals surface area (Å²) in [7, 11) is -6.20. The summed E-state index contributed by atoms with van der Waals surface area (Å²) in [6.07, 6.45) is 16.8. The number of halogens is 5. The van der Waals surface area contributed by atoms with Crippen molar-refractivity contribution in [3.05, 3.63) is 210 Å². The normalized spacial score (nSPS) is 15.7. The molecule has 0 aliphatic carbocycles. The van der Waals surface area contributed by atoms with Gasteiger partial charge in [0.15, 0.2) is 0 Å². The summed E-state index contributed by atoms with van der Waals surface area (Å²) in [6.45, 7) is 23.2. The molecule has 0 radical (unpaired) electrons. The van der Waals surface area contributed by atoms with Crippen LogP contribution in [0, 0.1) is 11.8 Å². The van der Waals surface area contributed by atoms with Crippen LogP contribution >= 0.6 is 69.8 Å². The lowest BCUT2D eigenvalue weighted by molar-refractivity contribution is -0.0546. The lowest BCUT2D eigenvalue weighted by Crippen LogP contribution is -2.42. The molecule has 1 saturated heterocycles. The summed E-state index contributed by atoms with van der Waals surface area (Å²) in [5, 5.41) is 12.7. The Morgan fingerprint density at radius 1 is 0.577 bits per heavy atom. The first-order chi connectivity index (χ1) is 51.2. The molecule has 0 unspecified atom stereocenters. The van der Waals surface area contributed by atoms with Crippen molar-refractivity contribution in [3.63, 3.8) is 0 Å². The van der Waals surface area contributed by atoms with Crippen molar-refractivity contribution in [3.8, 4) is 31.7 Å². The van der Waals surface area contributed by atoms with Gasteiger partial charge in [-0.05, 0) is 215 Å². The molecule has 1 fully saturated rings. The van der Waals surface area contributed by atoms with Gasteiger partial charge in [0.1, 0.15) is 26.2 Å². The van der Waals surface area contributed by atoms with Crippen LogP contribution in [0.3, 0.4) is 0 Å². The number of aromatic nitrogens is 7. The van der Waals surface area contributed by atoms with Gasteiger partial charge in [-0.15, -0.1) is 46.6 Å². The van der Waals surface area contributed by atoms with Crippen LogP contribution < -0.4 is 11.2 Å². The number of alkyl halides is 3. The van der Waals surface area contributed by atoms with Gasteiger partial charge in [0.2, 0.25) is 5.88 Å². The van der Waals surface area contributed by atoms with Gasteiger partial charge < -0.3 is 33.8 Å². The highest BCUT2D eigenvalue weighted by Crippen LogP contribution is 2.40. The number of ether oxygens (including phenoxy) is 2. The zero-order valence-corrected chi connectivity index (χ0v) is 67.2. The number of fused-ring (bicyclic) bond motifs is 3. The molecule has 10 heterocycles. The molecule has 3 aliphatic heterocycles. The topological polar surface area (TPSA) is 274 Å². The number of rotatable bonds is 8. The fourth-order valence-corrected chi connectivity index (χ4v) is 14.0. The van der Waals surface area contributed by atoms with Crippen LogP contribution in [0.15, 0.2) is 194 Å². The summed E-state index contributed by atoms with van der Waals surface area (Å²) < 4.78 is 89.8. The standard InChI is InChI=1S/C23H25N3O2S.C18H19BN2O2S.C12H7ClN2S.C12H18F3NO5S.C6H6ClNS.C6H5NO2.2CH4/c1-15-5-7-19(26(14-15)22(27)28-23(2,3)4)17-6-8-20-18(13-17)25-21(29-20)16-9-11-24-12-10-16;1-17(2)18(3,4)23-19(22-17)13-5-6-15-14(11-13)21-16(24-15)12-7-9-20-10-8-12;13-9-1-2-11-10(7-9)15-12(16-11)8-3-5-14-6-4-8;1-8-5-6-9(21-22(18,19)12(13,14)15)16(7-8)10(17)20-11(2,3)4;7-4-1-2-6(9)5(8)3-4;8-6(9)5-1-3-7-4-2-5;;/h6-13,15H,5,14H2,1-4H3;5-11H,1-4H3;1-7H;6,8H,5,7H2,1-4H3;1-3,9H,8H2;1-4H,(H,8,9);2*1H4/t15-;;;8-;;;;/m0..0..../s1. The molecule has 7 aromatic heterocycles. The number of nitrogens with two attached hydrogens (primary N) is 1. The number of anilines is 1. The second-order valence-electron chi connectivity index (χ2n) is 28.1. The molecule has 0 saturated carbocycles. The number of aromatic carboxylic acids is 1. The summed E-state index contributed by atoms with van der Waals surface area (Å²) in [5.41, 5.74) is 7.67. The molecular weight excluding hydrogens is 1560 g/mol. The lowest BCUT2D eigenvalue weighted by Gasteiger charge is -2.33. The van der Waals surface area contributed by atoms with Gasteiger partial charge >= 0.3 is 40.9 Å². The SMILES string of the molecule is C.C.CC1(C)OB(c2ccc3sc(-c4ccncc4)nc3c2)OC1(C)C.C[C@H]1CC=C(OS(=O)(=O)C(F)(F)F)N(C(=O)OC(C)(C)C)C1.C[C@H]1CC=C(c2ccc3sc(-c4ccncc4)nc3c2)N(C(=O)OC(C)(C)C)C1.Clc1ccc2sc(-c3ccncc3)nc2c1.Nc1cc(Cl)ccc1S.O=C(O)c1ccncc1. The van der Waals surface area contributed by atoms with Crippen LogP contribution in [-0.2, 0) is 33.1 Å². The summed E-state index contributed by atoms with van der Waals surface area (Å²) in [4.78, 5) is 68.2. The Morgan fingerprint density at radius 2 is 0.973 bits per heavy atom. The van der Waals surface area contributed by atoms with E-state index < -0.39 is 44.8 Å². The molecule has 0 spiro atoms. The van der Waals surface area contributed by atoms with Crippen LogP contribution in [0.1, 0.15) is 127 Å². The Balaban J connectivity index is 0.000000192. The highest BCUT2D eigenvalue weighted by molar-refractivity contribution is 7.87. The van der Waals surface area contributed by atoms with Gasteiger partial charge in [-0.3, -0.25) is 24.8 Å². The fourth-order valence-electron chi connectivity index (χ4n) is 10.2. The number of thiazole rings is 3. The maximum Gasteiger partial charge on any atom is 0.534 e. The highest BCUT2D eigenvalue weighted by atomic mass is 35.5. The Bertz CT molecular complexity index is 5160. The lowest BCUT2D eigenvalue weighted by atomic mass is 9.79. The van der Waals surface area contributed by atoms with Gasteiger partial charge in [0.25, 0.3) is 0 Å². The summed E-state index contributed by atoms with van der Waals surface area (Å²) >= 11 is 20.6. The Labute approximate surface area is 672 Å². The second kappa shape index (κ2) is 37.9. The maximum atomic E-state index is 12.8. The number of carboxylic acid groups (broad SMARTS) is 1. The van der Waals surface area contributed by atoms with Crippen molar-refractivity contribution in [2.45, 2.75) is 144 Å². The molecule has 21 nitrogen and oxygen atoms in total. The van der Waals surface area contributed by atoms with Gasteiger partial charge in [-0.1, -0.05) is 70.1 Å². The zero-order chi connectivity index (χ0) is 79.4. The molecule has 4 aromatic carbocycles. The number of carboxylic acids is 1. The maximum absolute atomic E-state index is 12.8. The van der Waals surface area contributed by atoms with E-state index in [1.54, 1.807) is 122 Å². The third-order valence-electron chi connectivity index (χ3n) is 16.3. The van der Waals surface area contributed by atoms with E-state index in [4.69, 9.17) is 62.8 Å². The highest BCUT2D eigenvalue weighted by Gasteiger charge is 2.52. The van der Waals surface area contributed by atoms with E-state index in [1.165, 1.54) is 24.5 Å². The number of allylic oxidation sites excluding steroid dienone is 2. The molecule has 2 atom stereocenters. The van der Waals surface area contributed by atoms with E-state index in [-0.39, 0.29) is 63.7 Å². The van der Waals surface area contributed by atoms with E-state index in [2.05, 4.69) is 119 Å². The quantitative estimate of drug-likeness (QED) is 0.0419. The third kappa shape index (κ3) is 24.7. The molecule has 11 aromatic rings. The Morgan fingerprint density at radius 3 is 1.41 bits per heavy atom. The molecule has 111 heavy (non-hydrogen) atoms. The van der Waals surface area contributed by atoms with Crippen LogP contribution in [0.5, 0.6) is 0 Å². The minimum atomic E-state index is -5.84. The van der Waals surface area contributed by atoms with E-state index in [0.717, 1.165) is 106 Å². The molecule has 14 rings (SSSR count). The second-order valence-corrected chi connectivity index (χ2v) is 34.1. The van der Waals surface area contributed by atoms with Crippen molar-refractivity contribution >= 4 is 153 Å². The third-order valence-corrected chi connectivity index (χ3v) is 21.4. The smallest absolute Gasteiger partial charge is 0.478 e. The van der Waals surface area contributed by atoms with E-state index >= 15 is 0 Å². The number of pyridine rings is 4. The number of carbonyl (C=O) groups is 3. The number of amides is 2. The Kier molecular flexibility index (Phi) is 30.5. The molecule has 2 amide bonds. The predicted octanol–water partition coefficient (Wildman–Crippen LogP) is 20.9. The van der Waals surface area contributed by atoms with Gasteiger partial charge in [-0.25, -0.2) is 34.2 Å². The van der Waals surface area contributed by atoms with Crippen molar-refractivity contribution in [2.24, 2.45) is 11.8 Å². The molecule has 588 valence electrons. The summed E-state index contributed by atoms with van der Waals surface area (Å²) in [5.74, 6) is -1.29. The molecular formula is C79H88BCl2F3N10O11S5. The first-order valence-corrected chi connectivity index (χ1v) is 39.0. The van der Waals surface area contributed by atoms with Crippen molar-refractivity contribution in [1.29, 1.82) is 0 Å². The first-order valence-electron chi connectivity index (χ1n) is 34.0. The van der Waals surface area contributed by atoms with E-state index in [1.807, 2.05) is 75.4 Å². The first kappa shape index (κ1) is 89.1. The zero-order valence-electron chi connectivity index (χ0n) is 61.5. The number of carbonyl (C=O) groups excluding carboxylic acids is 2. The van der Waals surface area contributed by atoms with Gasteiger partial charge in [0.05, 0.1) is 53.1 Å². The predicted molar refractivity (Wildman–Crippen MR) is 443 cm³/mol. The largest absolute Gasteiger partial charge is 0.534 e.